The Hall–Kier alpha value is 0. The van der Waals surface area contributed by atoms with Gasteiger partial charge in [0, 0.05) is 0 Å². The SMILES string of the molecule is CCC1(C)CCCCCCCC(C)(C)CC(C)(C)CC1. The third kappa shape index (κ3) is 6.64. The summed E-state index contributed by atoms with van der Waals surface area (Å²) in [5.41, 5.74) is 1.63. The van der Waals surface area contributed by atoms with Gasteiger partial charge in [0.25, 0.3) is 0 Å². The molecule has 0 nitrogen and oxygen atoms in total. The molecule has 0 radical (unpaired) electrons. The molecule has 1 rings (SSSR count). The highest BCUT2D eigenvalue weighted by atomic mass is 14.4. The standard InChI is InChI=1S/C20H40/c1-7-20(6)14-12-10-8-9-11-13-18(2,3)17-19(4,5)15-16-20/h7-17H2,1-6H3. The number of hydrogen-bond donors (Lipinski definition) is 0. The average Bonchev–Trinajstić information content (AvgIpc) is 2.34. The van der Waals surface area contributed by atoms with E-state index in [0.717, 1.165) is 0 Å². The highest BCUT2D eigenvalue weighted by molar-refractivity contribution is 4.83. The number of rotatable bonds is 1. The van der Waals surface area contributed by atoms with Crippen LogP contribution in [0.25, 0.3) is 0 Å². The fraction of sp³-hybridized carbons (Fsp3) is 1.00. The van der Waals surface area contributed by atoms with Crippen molar-refractivity contribution < 1.29 is 0 Å². The van der Waals surface area contributed by atoms with E-state index in [1.165, 1.54) is 70.6 Å². The first-order valence-corrected chi connectivity index (χ1v) is 9.18. The van der Waals surface area contributed by atoms with Crippen molar-refractivity contribution in [1.29, 1.82) is 0 Å². The molecule has 0 aromatic rings. The smallest absolute Gasteiger partial charge is 0.0328 e. The van der Waals surface area contributed by atoms with E-state index in [4.69, 9.17) is 0 Å². The Kier molecular flexibility index (Phi) is 6.61. The maximum atomic E-state index is 2.54. The summed E-state index contributed by atoms with van der Waals surface area (Å²) in [5, 5.41) is 0. The van der Waals surface area contributed by atoms with Crippen molar-refractivity contribution in [2.45, 2.75) is 112 Å². The van der Waals surface area contributed by atoms with Gasteiger partial charge in [-0.05, 0) is 48.3 Å². The van der Waals surface area contributed by atoms with Crippen LogP contribution in [0.2, 0.25) is 0 Å². The molecule has 1 saturated carbocycles. The van der Waals surface area contributed by atoms with E-state index in [1.807, 2.05) is 0 Å². The van der Waals surface area contributed by atoms with E-state index in [2.05, 4.69) is 41.5 Å². The molecule has 1 atom stereocenters. The molecule has 0 aromatic heterocycles. The number of hydrogen-bond acceptors (Lipinski definition) is 0. The Bertz CT molecular complexity index is 274. The zero-order valence-electron chi connectivity index (χ0n) is 15.3. The average molecular weight is 281 g/mol. The predicted octanol–water partition coefficient (Wildman–Crippen LogP) is 7.37. The zero-order chi connectivity index (χ0) is 15.3. The molecule has 20 heavy (non-hydrogen) atoms. The van der Waals surface area contributed by atoms with Gasteiger partial charge in [-0.2, -0.15) is 0 Å². The topological polar surface area (TPSA) is 0 Å². The molecule has 0 bridgehead atoms. The van der Waals surface area contributed by atoms with Crippen molar-refractivity contribution in [1.82, 2.24) is 0 Å². The van der Waals surface area contributed by atoms with Gasteiger partial charge in [0.1, 0.15) is 0 Å². The third-order valence-corrected chi connectivity index (χ3v) is 5.85. The fourth-order valence-electron chi connectivity index (χ4n) is 4.28. The summed E-state index contributed by atoms with van der Waals surface area (Å²) < 4.78 is 0. The summed E-state index contributed by atoms with van der Waals surface area (Å²) in [6, 6.07) is 0. The van der Waals surface area contributed by atoms with Gasteiger partial charge < -0.3 is 0 Å². The molecule has 0 N–H and O–H groups in total. The van der Waals surface area contributed by atoms with Crippen molar-refractivity contribution in [2.24, 2.45) is 16.2 Å². The van der Waals surface area contributed by atoms with Crippen LogP contribution in [0.4, 0.5) is 0 Å². The van der Waals surface area contributed by atoms with Crippen LogP contribution >= 0.6 is 0 Å². The Morgan fingerprint density at radius 3 is 1.70 bits per heavy atom. The molecule has 0 heterocycles. The van der Waals surface area contributed by atoms with Crippen molar-refractivity contribution in [2.75, 3.05) is 0 Å². The Balaban J connectivity index is 2.73. The quantitative estimate of drug-likeness (QED) is 0.470. The molecule has 0 saturated heterocycles. The van der Waals surface area contributed by atoms with Crippen LogP contribution in [0, 0.1) is 16.2 Å². The van der Waals surface area contributed by atoms with Gasteiger partial charge in [-0.1, -0.05) is 80.1 Å². The lowest BCUT2D eigenvalue weighted by molar-refractivity contribution is 0.137. The zero-order valence-corrected chi connectivity index (χ0v) is 15.3. The summed E-state index contributed by atoms with van der Waals surface area (Å²) in [7, 11) is 0. The molecule has 0 heteroatoms. The Labute approximate surface area is 129 Å². The van der Waals surface area contributed by atoms with Crippen LogP contribution in [0.15, 0.2) is 0 Å². The highest BCUT2D eigenvalue weighted by Crippen LogP contribution is 2.44. The van der Waals surface area contributed by atoms with Gasteiger partial charge in [-0.25, -0.2) is 0 Å². The van der Waals surface area contributed by atoms with E-state index < -0.39 is 0 Å². The van der Waals surface area contributed by atoms with Gasteiger partial charge in [-0.15, -0.1) is 0 Å². The largest absolute Gasteiger partial charge is 0.0649 e. The van der Waals surface area contributed by atoms with E-state index in [9.17, 15) is 0 Å². The molecular weight excluding hydrogens is 240 g/mol. The van der Waals surface area contributed by atoms with Gasteiger partial charge in [-0.3, -0.25) is 0 Å². The maximum Gasteiger partial charge on any atom is -0.0328 e. The molecule has 1 fully saturated rings. The predicted molar refractivity (Wildman–Crippen MR) is 92.1 cm³/mol. The molecule has 0 aliphatic heterocycles. The van der Waals surface area contributed by atoms with Gasteiger partial charge in [0.2, 0.25) is 0 Å². The van der Waals surface area contributed by atoms with Gasteiger partial charge in [0.05, 0.1) is 0 Å². The minimum Gasteiger partial charge on any atom is -0.0649 e. The first-order chi connectivity index (χ1) is 9.18. The van der Waals surface area contributed by atoms with Crippen LogP contribution in [-0.4, -0.2) is 0 Å². The second kappa shape index (κ2) is 7.32. The second-order valence-electron chi connectivity index (χ2n) is 9.44. The van der Waals surface area contributed by atoms with Crippen LogP contribution < -0.4 is 0 Å². The molecular formula is C20H40. The minimum atomic E-state index is 0.508. The summed E-state index contributed by atoms with van der Waals surface area (Å²) >= 11 is 0. The minimum absolute atomic E-state index is 0.508. The summed E-state index contributed by atoms with van der Waals surface area (Å²) in [6.45, 7) is 14.9. The summed E-state index contributed by atoms with van der Waals surface area (Å²) in [4.78, 5) is 0. The Morgan fingerprint density at radius 1 is 0.600 bits per heavy atom. The Morgan fingerprint density at radius 2 is 1.10 bits per heavy atom. The highest BCUT2D eigenvalue weighted by Gasteiger charge is 2.31. The molecule has 120 valence electrons. The van der Waals surface area contributed by atoms with Crippen molar-refractivity contribution in [3.8, 4) is 0 Å². The van der Waals surface area contributed by atoms with Crippen molar-refractivity contribution in [3.05, 3.63) is 0 Å². The molecule has 0 aromatic carbocycles. The van der Waals surface area contributed by atoms with Gasteiger partial charge >= 0.3 is 0 Å². The lowest BCUT2D eigenvalue weighted by Gasteiger charge is -2.38. The van der Waals surface area contributed by atoms with E-state index in [-0.39, 0.29) is 0 Å². The first kappa shape index (κ1) is 18.1. The molecule has 1 aliphatic rings. The third-order valence-electron chi connectivity index (χ3n) is 5.85. The van der Waals surface area contributed by atoms with Crippen molar-refractivity contribution >= 4 is 0 Å². The van der Waals surface area contributed by atoms with E-state index in [1.54, 1.807) is 0 Å². The van der Waals surface area contributed by atoms with Crippen LogP contribution in [0.5, 0.6) is 0 Å². The molecule has 1 unspecified atom stereocenters. The first-order valence-electron chi connectivity index (χ1n) is 9.18. The monoisotopic (exact) mass is 280 g/mol. The van der Waals surface area contributed by atoms with E-state index >= 15 is 0 Å². The molecule has 1 aliphatic carbocycles. The van der Waals surface area contributed by atoms with Crippen LogP contribution in [0.3, 0.4) is 0 Å². The van der Waals surface area contributed by atoms with Crippen molar-refractivity contribution in [3.63, 3.8) is 0 Å². The van der Waals surface area contributed by atoms with E-state index in [0.29, 0.717) is 16.2 Å². The molecule has 0 amide bonds. The molecule has 0 spiro atoms. The summed E-state index contributed by atoms with van der Waals surface area (Å²) in [5.74, 6) is 0. The lowest BCUT2D eigenvalue weighted by atomic mass is 9.68. The second-order valence-corrected chi connectivity index (χ2v) is 9.44. The summed E-state index contributed by atoms with van der Waals surface area (Å²) in [6.07, 6.45) is 15.7. The lowest BCUT2D eigenvalue weighted by Crippen LogP contribution is -2.26. The fourth-order valence-corrected chi connectivity index (χ4v) is 4.28. The van der Waals surface area contributed by atoms with Crippen LogP contribution in [-0.2, 0) is 0 Å². The normalized spacial score (nSPS) is 32.7. The maximum absolute atomic E-state index is 2.54. The van der Waals surface area contributed by atoms with Gasteiger partial charge in [0.15, 0.2) is 0 Å². The van der Waals surface area contributed by atoms with Crippen LogP contribution in [0.1, 0.15) is 112 Å².